The number of carbonyl (C=O) groups excluding carboxylic acids is 1. The number of aliphatic carboxylic acids is 1. The number of rotatable bonds is 4. The molecular formula is C13H17FN2O3. The second-order valence-electron chi connectivity index (χ2n) is 4.35. The van der Waals surface area contributed by atoms with Crippen molar-refractivity contribution in [2.45, 2.75) is 25.9 Å². The molecule has 0 bridgehead atoms. The van der Waals surface area contributed by atoms with Crippen LogP contribution in [0.15, 0.2) is 24.3 Å². The van der Waals surface area contributed by atoms with Crippen molar-refractivity contribution >= 4 is 12.0 Å². The molecule has 0 aliphatic heterocycles. The van der Waals surface area contributed by atoms with Crippen LogP contribution in [-0.2, 0) is 4.79 Å². The zero-order chi connectivity index (χ0) is 14.6. The van der Waals surface area contributed by atoms with Gasteiger partial charge in [0, 0.05) is 7.05 Å². The molecule has 2 amide bonds. The number of amides is 2. The fourth-order valence-corrected chi connectivity index (χ4v) is 1.46. The molecule has 6 heteroatoms. The molecule has 1 aromatic carbocycles. The van der Waals surface area contributed by atoms with Gasteiger partial charge in [0.05, 0.1) is 6.04 Å². The SMILES string of the molecule is CC(NC(=O)N(C)C(C)C(=O)O)c1ccc(F)cc1. The number of benzene rings is 1. The van der Waals surface area contributed by atoms with E-state index < -0.39 is 18.0 Å². The summed E-state index contributed by atoms with van der Waals surface area (Å²) in [6.07, 6.45) is 0. The van der Waals surface area contributed by atoms with Gasteiger partial charge in [-0.1, -0.05) is 12.1 Å². The summed E-state index contributed by atoms with van der Waals surface area (Å²) in [7, 11) is 1.41. The molecule has 0 radical (unpaired) electrons. The van der Waals surface area contributed by atoms with Crippen molar-refractivity contribution in [3.8, 4) is 0 Å². The van der Waals surface area contributed by atoms with Crippen LogP contribution in [0, 0.1) is 5.82 Å². The van der Waals surface area contributed by atoms with Crippen LogP contribution >= 0.6 is 0 Å². The van der Waals surface area contributed by atoms with Gasteiger partial charge in [0.2, 0.25) is 0 Å². The van der Waals surface area contributed by atoms with E-state index in [1.54, 1.807) is 19.1 Å². The van der Waals surface area contributed by atoms with Gasteiger partial charge in [-0.05, 0) is 31.5 Å². The Kier molecular flexibility index (Phi) is 4.86. The van der Waals surface area contributed by atoms with Gasteiger partial charge < -0.3 is 15.3 Å². The maximum atomic E-state index is 12.8. The van der Waals surface area contributed by atoms with E-state index in [-0.39, 0.29) is 11.9 Å². The van der Waals surface area contributed by atoms with Gasteiger partial charge in [-0.2, -0.15) is 0 Å². The highest BCUT2D eigenvalue weighted by molar-refractivity contribution is 5.82. The van der Waals surface area contributed by atoms with E-state index in [9.17, 15) is 14.0 Å². The molecule has 2 atom stereocenters. The Hall–Kier alpha value is -2.11. The molecule has 0 heterocycles. The van der Waals surface area contributed by atoms with E-state index in [1.807, 2.05) is 0 Å². The molecule has 1 aromatic rings. The Morgan fingerprint density at radius 3 is 2.26 bits per heavy atom. The Balaban J connectivity index is 2.66. The first-order valence-electron chi connectivity index (χ1n) is 5.84. The zero-order valence-corrected chi connectivity index (χ0v) is 11.1. The highest BCUT2D eigenvalue weighted by Gasteiger charge is 2.22. The molecule has 0 spiro atoms. The van der Waals surface area contributed by atoms with E-state index in [0.29, 0.717) is 0 Å². The molecule has 0 aliphatic rings. The first kappa shape index (κ1) is 14.9. The second-order valence-corrected chi connectivity index (χ2v) is 4.35. The summed E-state index contributed by atoms with van der Waals surface area (Å²) < 4.78 is 12.8. The van der Waals surface area contributed by atoms with Crippen molar-refractivity contribution in [2.24, 2.45) is 0 Å². The maximum Gasteiger partial charge on any atom is 0.326 e. The smallest absolute Gasteiger partial charge is 0.326 e. The Morgan fingerprint density at radius 2 is 1.79 bits per heavy atom. The largest absolute Gasteiger partial charge is 0.480 e. The number of nitrogens with zero attached hydrogens (tertiary/aromatic N) is 1. The molecule has 5 nitrogen and oxygen atoms in total. The highest BCUT2D eigenvalue weighted by atomic mass is 19.1. The van der Waals surface area contributed by atoms with Gasteiger partial charge >= 0.3 is 12.0 Å². The van der Waals surface area contributed by atoms with E-state index in [2.05, 4.69) is 5.32 Å². The summed E-state index contributed by atoms with van der Waals surface area (Å²) >= 11 is 0. The van der Waals surface area contributed by atoms with Gasteiger partial charge in [-0.15, -0.1) is 0 Å². The number of halogens is 1. The topological polar surface area (TPSA) is 69.6 Å². The van der Waals surface area contributed by atoms with E-state index in [1.165, 1.54) is 26.1 Å². The molecule has 1 rings (SSSR count). The van der Waals surface area contributed by atoms with Crippen LogP contribution in [0.5, 0.6) is 0 Å². The summed E-state index contributed by atoms with van der Waals surface area (Å²) in [4.78, 5) is 23.7. The average Bonchev–Trinajstić information content (AvgIpc) is 2.37. The number of carboxylic acids is 1. The fourth-order valence-electron chi connectivity index (χ4n) is 1.46. The van der Waals surface area contributed by atoms with Crippen LogP contribution in [0.2, 0.25) is 0 Å². The molecule has 19 heavy (non-hydrogen) atoms. The predicted octanol–water partition coefficient (Wildman–Crippen LogP) is 2.00. The zero-order valence-electron chi connectivity index (χ0n) is 11.1. The minimum absolute atomic E-state index is 0.337. The van der Waals surface area contributed by atoms with E-state index in [4.69, 9.17) is 5.11 Å². The van der Waals surface area contributed by atoms with Crippen molar-refractivity contribution in [1.82, 2.24) is 10.2 Å². The van der Waals surface area contributed by atoms with Gasteiger partial charge in [-0.3, -0.25) is 0 Å². The third kappa shape index (κ3) is 3.94. The molecule has 2 unspecified atom stereocenters. The van der Waals surface area contributed by atoms with E-state index in [0.717, 1.165) is 10.5 Å². The molecular weight excluding hydrogens is 251 g/mol. The average molecular weight is 268 g/mol. The molecule has 0 aliphatic carbocycles. The third-order valence-electron chi connectivity index (χ3n) is 2.97. The van der Waals surface area contributed by atoms with Crippen LogP contribution in [0.3, 0.4) is 0 Å². The van der Waals surface area contributed by atoms with Gasteiger partial charge in [0.1, 0.15) is 11.9 Å². The van der Waals surface area contributed by atoms with Gasteiger partial charge in [0.15, 0.2) is 0 Å². The maximum absolute atomic E-state index is 12.8. The number of nitrogens with one attached hydrogen (secondary N) is 1. The standard InChI is InChI=1S/C13H17FN2O3/c1-8(10-4-6-11(14)7-5-10)15-13(19)16(3)9(2)12(17)18/h4-9H,1-3H3,(H,15,19)(H,17,18). The van der Waals surface area contributed by atoms with Gasteiger partial charge in [0.25, 0.3) is 0 Å². The van der Waals surface area contributed by atoms with Crippen molar-refractivity contribution in [3.05, 3.63) is 35.6 Å². The van der Waals surface area contributed by atoms with Crippen LogP contribution in [0.1, 0.15) is 25.5 Å². The molecule has 0 saturated carbocycles. The normalized spacial score (nSPS) is 13.5. The Morgan fingerprint density at radius 1 is 1.26 bits per heavy atom. The molecule has 2 N–H and O–H groups in total. The quantitative estimate of drug-likeness (QED) is 0.877. The Bertz CT molecular complexity index is 461. The fraction of sp³-hybridized carbons (Fsp3) is 0.385. The lowest BCUT2D eigenvalue weighted by Gasteiger charge is -2.24. The predicted molar refractivity (Wildman–Crippen MR) is 68.2 cm³/mol. The first-order valence-corrected chi connectivity index (χ1v) is 5.84. The summed E-state index contributed by atoms with van der Waals surface area (Å²) in [5.74, 6) is -1.43. The summed E-state index contributed by atoms with van der Waals surface area (Å²) in [6.45, 7) is 3.16. The number of hydrogen-bond acceptors (Lipinski definition) is 2. The van der Waals surface area contributed by atoms with Crippen LogP contribution < -0.4 is 5.32 Å². The monoisotopic (exact) mass is 268 g/mol. The third-order valence-corrected chi connectivity index (χ3v) is 2.97. The summed E-state index contributed by atoms with van der Waals surface area (Å²) in [6, 6.07) is 4.01. The van der Waals surface area contributed by atoms with Crippen molar-refractivity contribution in [3.63, 3.8) is 0 Å². The summed E-state index contributed by atoms with van der Waals surface area (Å²) in [5.41, 5.74) is 0.742. The van der Waals surface area contributed by atoms with E-state index >= 15 is 0 Å². The minimum atomic E-state index is -1.08. The second kappa shape index (κ2) is 6.17. The first-order chi connectivity index (χ1) is 8.82. The lowest BCUT2D eigenvalue weighted by molar-refractivity contribution is -0.141. The van der Waals surface area contributed by atoms with Crippen LogP contribution in [-0.4, -0.2) is 35.1 Å². The minimum Gasteiger partial charge on any atom is -0.480 e. The van der Waals surface area contributed by atoms with Crippen molar-refractivity contribution in [2.75, 3.05) is 7.05 Å². The number of urea groups is 1. The number of hydrogen-bond donors (Lipinski definition) is 2. The lowest BCUT2D eigenvalue weighted by Crippen LogP contribution is -2.46. The molecule has 104 valence electrons. The van der Waals surface area contributed by atoms with Crippen molar-refractivity contribution in [1.29, 1.82) is 0 Å². The molecule has 0 fully saturated rings. The number of carboxylic acid groups (broad SMARTS) is 1. The number of carbonyl (C=O) groups is 2. The molecule has 0 saturated heterocycles. The Labute approximate surface area is 111 Å². The number of likely N-dealkylation sites (N-methyl/N-ethyl adjacent to an activating group) is 1. The highest BCUT2D eigenvalue weighted by Crippen LogP contribution is 2.13. The van der Waals surface area contributed by atoms with Crippen LogP contribution in [0.25, 0.3) is 0 Å². The van der Waals surface area contributed by atoms with Crippen molar-refractivity contribution < 1.29 is 19.1 Å². The molecule has 0 aromatic heterocycles. The lowest BCUT2D eigenvalue weighted by atomic mass is 10.1. The van der Waals surface area contributed by atoms with Crippen LogP contribution in [0.4, 0.5) is 9.18 Å². The summed E-state index contributed by atoms with van der Waals surface area (Å²) in [5, 5.41) is 11.5. The van der Waals surface area contributed by atoms with Gasteiger partial charge in [-0.25, -0.2) is 14.0 Å².